The molecule has 0 fully saturated rings. The highest BCUT2D eigenvalue weighted by Gasteiger charge is 2.05. The van der Waals surface area contributed by atoms with E-state index in [4.69, 9.17) is 5.26 Å². The molecule has 0 aromatic heterocycles. The van der Waals surface area contributed by atoms with Crippen molar-refractivity contribution in [3.8, 4) is 6.07 Å². The lowest BCUT2D eigenvalue weighted by Crippen LogP contribution is -2.11. The molecule has 5 heteroatoms. The normalized spacial score (nSPS) is 9.24. The first-order chi connectivity index (χ1) is 8.02. The number of benzene rings is 1. The van der Waals surface area contributed by atoms with E-state index in [1.54, 1.807) is 24.3 Å². The molecule has 1 aromatic rings. The van der Waals surface area contributed by atoms with Gasteiger partial charge in [-0.2, -0.15) is 5.26 Å². The van der Waals surface area contributed by atoms with E-state index in [9.17, 15) is 9.59 Å². The van der Waals surface area contributed by atoms with Crippen LogP contribution in [-0.2, 0) is 9.59 Å². The maximum atomic E-state index is 11.2. The van der Waals surface area contributed by atoms with Crippen LogP contribution in [0.1, 0.15) is 18.9 Å². The van der Waals surface area contributed by atoms with E-state index in [2.05, 4.69) is 10.6 Å². The van der Waals surface area contributed by atoms with Gasteiger partial charge in [0.05, 0.1) is 6.07 Å². The first kappa shape index (κ1) is 12.7. The Balaban J connectivity index is 2.85. The average Bonchev–Trinajstić information content (AvgIpc) is 2.22. The molecular formula is C12H13N3O2. The number of hydrogen-bond acceptors (Lipinski definition) is 3. The predicted octanol–water partition coefficient (Wildman–Crippen LogP) is 1.81. The van der Waals surface area contributed by atoms with Crippen LogP contribution in [0.4, 0.5) is 11.4 Å². The summed E-state index contributed by atoms with van der Waals surface area (Å²) in [5, 5.41) is 13.6. The summed E-state index contributed by atoms with van der Waals surface area (Å²) in [4.78, 5) is 22.2. The molecule has 0 heterocycles. The van der Waals surface area contributed by atoms with Crippen LogP contribution in [0, 0.1) is 18.3 Å². The van der Waals surface area contributed by atoms with E-state index in [0.29, 0.717) is 11.4 Å². The van der Waals surface area contributed by atoms with E-state index < -0.39 is 0 Å². The SMILES string of the molecule is CC(=O)Nc1cc(NC(=O)CC#N)ccc1C. The highest BCUT2D eigenvalue weighted by molar-refractivity contribution is 5.94. The van der Waals surface area contributed by atoms with Crippen molar-refractivity contribution in [1.29, 1.82) is 5.26 Å². The van der Waals surface area contributed by atoms with Gasteiger partial charge in [0, 0.05) is 18.3 Å². The second kappa shape index (κ2) is 5.66. The van der Waals surface area contributed by atoms with Crippen molar-refractivity contribution in [3.63, 3.8) is 0 Å². The summed E-state index contributed by atoms with van der Waals surface area (Å²) in [6.45, 7) is 3.27. The lowest BCUT2D eigenvalue weighted by molar-refractivity contribution is -0.115. The molecular weight excluding hydrogens is 218 g/mol. The molecule has 2 amide bonds. The zero-order valence-electron chi connectivity index (χ0n) is 9.70. The smallest absolute Gasteiger partial charge is 0.238 e. The van der Waals surface area contributed by atoms with Gasteiger partial charge in [-0.05, 0) is 24.6 Å². The quantitative estimate of drug-likeness (QED) is 0.832. The number of aryl methyl sites for hydroxylation is 1. The molecule has 0 unspecified atom stereocenters. The van der Waals surface area contributed by atoms with Crippen LogP contribution >= 0.6 is 0 Å². The second-order valence-corrected chi connectivity index (χ2v) is 3.59. The first-order valence-electron chi connectivity index (χ1n) is 5.08. The largest absolute Gasteiger partial charge is 0.326 e. The standard InChI is InChI=1S/C12H13N3O2/c1-8-3-4-10(15-12(17)5-6-13)7-11(8)14-9(2)16/h3-4,7H,5H2,1-2H3,(H,14,16)(H,15,17). The number of hydrogen-bond donors (Lipinski definition) is 2. The lowest BCUT2D eigenvalue weighted by Gasteiger charge is -2.09. The van der Waals surface area contributed by atoms with Crippen molar-refractivity contribution >= 4 is 23.2 Å². The summed E-state index contributed by atoms with van der Waals surface area (Å²) in [6, 6.07) is 6.93. The number of rotatable bonds is 3. The fourth-order valence-electron chi connectivity index (χ4n) is 1.30. The Morgan fingerprint density at radius 1 is 1.35 bits per heavy atom. The van der Waals surface area contributed by atoms with E-state index in [-0.39, 0.29) is 18.2 Å². The van der Waals surface area contributed by atoms with Crippen molar-refractivity contribution < 1.29 is 9.59 Å². The second-order valence-electron chi connectivity index (χ2n) is 3.59. The predicted molar refractivity (Wildman–Crippen MR) is 64.3 cm³/mol. The Morgan fingerprint density at radius 3 is 2.65 bits per heavy atom. The van der Waals surface area contributed by atoms with Gasteiger partial charge in [0.2, 0.25) is 11.8 Å². The fraction of sp³-hybridized carbons (Fsp3) is 0.250. The van der Waals surface area contributed by atoms with E-state index in [0.717, 1.165) is 5.56 Å². The van der Waals surface area contributed by atoms with Crippen LogP contribution in [-0.4, -0.2) is 11.8 Å². The van der Waals surface area contributed by atoms with Crippen molar-refractivity contribution in [2.45, 2.75) is 20.3 Å². The van der Waals surface area contributed by atoms with Crippen LogP contribution in [0.25, 0.3) is 0 Å². The van der Waals surface area contributed by atoms with Gasteiger partial charge in [-0.15, -0.1) is 0 Å². The number of anilines is 2. The maximum Gasteiger partial charge on any atom is 0.238 e. The summed E-state index contributed by atoms with van der Waals surface area (Å²) in [7, 11) is 0. The number of nitriles is 1. The van der Waals surface area contributed by atoms with Gasteiger partial charge in [0.25, 0.3) is 0 Å². The molecule has 0 spiro atoms. The topological polar surface area (TPSA) is 82.0 Å². The molecule has 0 bridgehead atoms. The van der Waals surface area contributed by atoms with E-state index in [1.807, 2.05) is 6.92 Å². The third-order valence-electron chi connectivity index (χ3n) is 2.07. The van der Waals surface area contributed by atoms with Crippen LogP contribution in [0.3, 0.4) is 0 Å². The highest BCUT2D eigenvalue weighted by Crippen LogP contribution is 2.20. The molecule has 0 saturated heterocycles. The molecule has 0 aliphatic heterocycles. The Morgan fingerprint density at radius 2 is 2.06 bits per heavy atom. The van der Waals surface area contributed by atoms with Gasteiger partial charge in [0.1, 0.15) is 6.42 Å². The summed E-state index contributed by atoms with van der Waals surface area (Å²) in [6.07, 6.45) is -0.191. The minimum Gasteiger partial charge on any atom is -0.326 e. The summed E-state index contributed by atoms with van der Waals surface area (Å²) in [5.74, 6) is -0.543. The molecule has 0 radical (unpaired) electrons. The van der Waals surface area contributed by atoms with Gasteiger partial charge in [-0.1, -0.05) is 6.07 Å². The summed E-state index contributed by atoms with van der Waals surface area (Å²) >= 11 is 0. The molecule has 17 heavy (non-hydrogen) atoms. The highest BCUT2D eigenvalue weighted by atomic mass is 16.2. The van der Waals surface area contributed by atoms with Crippen molar-refractivity contribution in [3.05, 3.63) is 23.8 Å². The molecule has 1 aromatic carbocycles. The minimum atomic E-state index is -0.370. The average molecular weight is 231 g/mol. The van der Waals surface area contributed by atoms with Crippen LogP contribution in [0.2, 0.25) is 0 Å². The van der Waals surface area contributed by atoms with Crippen LogP contribution in [0.15, 0.2) is 18.2 Å². The molecule has 0 aliphatic carbocycles. The summed E-state index contributed by atoms with van der Waals surface area (Å²) < 4.78 is 0. The van der Waals surface area contributed by atoms with Crippen molar-refractivity contribution in [2.24, 2.45) is 0 Å². The van der Waals surface area contributed by atoms with Gasteiger partial charge < -0.3 is 10.6 Å². The monoisotopic (exact) mass is 231 g/mol. The molecule has 1 rings (SSSR count). The Labute approximate surface area is 99.4 Å². The van der Waals surface area contributed by atoms with Gasteiger partial charge in [-0.3, -0.25) is 9.59 Å². The first-order valence-corrected chi connectivity index (χ1v) is 5.08. The van der Waals surface area contributed by atoms with E-state index in [1.165, 1.54) is 6.92 Å². The maximum absolute atomic E-state index is 11.2. The molecule has 5 nitrogen and oxygen atoms in total. The number of nitrogens with zero attached hydrogens (tertiary/aromatic N) is 1. The zero-order valence-corrected chi connectivity index (χ0v) is 9.70. The Hall–Kier alpha value is -2.35. The van der Waals surface area contributed by atoms with Crippen LogP contribution in [0.5, 0.6) is 0 Å². The fourth-order valence-corrected chi connectivity index (χ4v) is 1.30. The third kappa shape index (κ3) is 3.95. The van der Waals surface area contributed by atoms with Crippen molar-refractivity contribution in [2.75, 3.05) is 10.6 Å². The zero-order chi connectivity index (χ0) is 12.8. The van der Waals surface area contributed by atoms with E-state index >= 15 is 0 Å². The lowest BCUT2D eigenvalue weighted by atomic mass is 10.1. The molecule has 2 N–H and O–H groups in total. The molecule has 0 aliphatic rings. The van der Waals surface area contributed by atoms with Crippen molar-refractivity contribution in [1.82, 2.24) is 0 Å². The van der Waals surface area contributed by atoms with Gasteiger partial charge in [-0.25, -0.2) is 0 Å². The van der Waals surface area contributed by atoms with Crippen LogP contribution < -0.4 is 10.6 Å². The molecule has 0 atom stereocenters. The number of nitrogens with one attached hydrogen (secondary N) is 2. The number of carbonyl (C=O) groups is 2. The minimum absolute atomic E-state index is 0.173. The molecule has 0 saturated carbocycles. The molecule has 88 valence electrons. The third-order valence-corrected chi connectivity index (χ3v) is 2.07. The van der Waals surface area contributed by atoms with Gasteiger partial charge in [0.15, 0.2) is 0 Å². The summed E-state index contributed by atoms with van der Waals surface area (Å²) in [5.41, 5.74) is 2.10. The Bertz CT molecular complexity index is 489. The number of carbonyl (C=O) groups excluding carboxylic acids is 2. The van der Waals surface area contributed by atoms with Gasteiger partial charge >= 0.3 is 0 Å². The Kier molecular flexibility index (Phi) is 4.23. The number of amides is 2.